The number of aromatic amines is 1. The van der Waals surface area contributed by atoms with E-state index in [1.165, 1.54) is 16.2 Å². The lowest BCUT2D eigenvalue weighted by Gasteiger charge is -2.15. The fourth-order valence-electron chi connectivity index (χ4n) is 1.69. The van der Waals surface area contributed by atoms with Crippen LogP contribution in [0.2, 0.25) is 0 Å². The van der Waals surface area contributed by atoms with E-state index in [0.717, 1.165) is 5.69 Å². The Morgan fingerprint density at radius 2 is 2.35 bits per heavy atom. The third-order valence-corrected chi connectivity index (χ3v) is 3.59. The Hall–Kier alpha value is -2.15. The van der Waals surface area contributed by atoms with E-state index in [9.17, 15) is 9.59 Å². The SMILES string of the molecule is CN(CC(=O)NCCc1cnc[nH]1)C(=O)c1cccs1. The van der Waals surface area contributed by atoms with E-state index in [0.29, 0.717) is 17.8 Å². The van der Waals surface area contributed by atoms with Gasteiger partial charge in [0.1, 0.15) is 0 Å². The smallest absolute Gasteiger partial charge is 0.264 e. The number of nitrogens with zero attached hydrogens (tertiary/aromatic N) is 2. The first kappa shape index (κ1) is 14.3. The van der Waals surface area contributed by atoms with Crippen molar-refractivity contribution in [2.45, 2.75) is 6.42 Å². The van der Waals surface area contributed by atoms with Crippen LogP contribution >= 0.6 is 11.3 Å². The highest BCUT2D eigenvalue weighted by atomic mass is 32.1. The lowest BCUT2D eigenvalue weighted by atomic mass is 10.3. The molecule has 0 atom stereocenters. The van der Waals surface area contributed by atoms with Gasteiger partial charge in [0.15, 0.2) is 0 Å². The van der Waals surface area contributed by atoms with Gasteiger partial charge in [0.05, 0.1) is 17.7 Å². The highest BCUT2D eigenvalue weighted by molar-refractivity contribution is 7.12. The summed E-state index contributed by atoms with van der Waals surface area (Å²) in [6, 6.07) is 3.57. The molecule has 7 heteroatoms. The van der Waals surface area contributed by atoms with E-state index >= 15 is 0 Å². The van der Waals surface area contributed by atoms with Gasteiger partial charge in [-0.3, -0.25) is 9.59 Å². The average molecular weight is 292 g/mol. The molecular formula is C13H16N4O2S. The molecule has 2 aromatic rings. The summed E-state index contributed by atoms with van der Waals surface area (Å²) in [7, 11) is 1.62. The number of rotatable bonds is 6. The molecule has 0 fully saturated rings. The van der Waals surface area contributed by atoms with Crippen LogP contribution in [0.5, 0.6) is 0 Å². The largest absolute Gasteiger partial charge is 0.354 e. The molecule has 2 rings (SSSR count). The number of aromatic nitrogens is 2. The van der Waals surface area contributed by atoms with Gasteiger partial charge in [0.25, 0.3) is 5.91 Å². The van der Waals surface area contributed by atoms with Gasteiger partial charge in [-0.25, -0.2) is 4.98 Å². The number of thiophene rings is 1. The molecule has 0 saturated heterocycles. The Morgan fingerprint density at radius 3 is 3.00 bits per heavy atom. The Bertz CT molecular complexity index is 551. The van der Waals surface area contributed by atoms with Crippen LogP contribution in [0.25, 0.3) is 0 Å². The minimum absolute atomic E-state index is 0.0553. The summed E-state index contributed by atoms with van der Waals surface area (Å²) < 4.78 is 0. The topological polar surface area (TPSA) is 78.1 Å². The summed E-state index contributed by atoms with van der Waals surface area (Å²) in [5.74, 6) is -0.305. The number of carbonyl (C=O) groups excluding carboxylic acids is 2. The fourth-order valence-corrected chi connectivity index (χ4v) is 2.41. The number of hydrogen-bond donors (Lipinski definition) is 2. The van der Waals surface area contributed by atoms with Crippen molar-refractivity contribution in [1.29, 1.82) is 0 Å². The number of carbonyl (C=O) groups is 2. The first-order valence-corrected chi connectivity index (χ1v) is 7.07. The van der Waals surface area contributed by atoms with Crippen molar-refractivity contribution < 1.29 is 9.59 Å². The van der Waals surface area contributed by atoms with Crippen molar-refractivity contribution in [3.8, 4) is 0 Å². The van der Waals surface area contributed by atoms with Crippen LogP contribution in [0.1, 0.15) is 15.4 Å². The van der Waals surface area contributed by atoms with Gasteiger partial charge >= 0.3 is 0 Å². The highest BCUT2D eigenvalue weighted by Crippen LogP contribution is 2.10. The van der Waals surface area contributed by atoms with Gasteiger partial charge in [0.2, 0.25) is 5.91 Å². The van der Waals surface area contributed by atoms with Crippen molar-refractivity contribution in [1.82, 2.24) is 20.2 Å². The van der Waals surface area contributed by atoms with Crippen molar-refractivity contribution in [3.05, 3.63) is 40.6 Å². The van der Waals surface area contributed by atoms with Gasteiger partial charge in [-0.15, -0.1) is 11.3 Å². The minimum Gasteiger partial charge on any atom is -0.354 e. The highest BCUT2D eigenvalue weighted by Gasteiger charge is 2.15. The zero-order chi connectivity index (χ0) is 14.4. The predicted molar refractivity (Wildman–Crippen MR) is 76.6 cm³/mol. The molecule has 0 unspecified atom stereocenters. The van der Waals surface area contributed by atoms with Crippen molar-refractivity contribution in [2.24, 2.45) is 0 Å². The first-order valence-electron chi connectivity index (χ1n) is 6.19. The van der Waals surface area contributed by atoms with Gasteiger partial charge in [-0.05, 0) is 11.4 Å². The van der Waals surface area contributed by atoms with Crippen LogP contribution < -0.4 is 5.32 Å². The molecule has 6 nitrogen and oxygen atoms in total. The zero-order valence-electron chi connectivity index (χ0n) is 11.1. The molecule has 2 amide bonds. The van der Waals surface area contributed by atoms with E-state index < -0.39 is 0 Å². The zero-order valence-corrected chi connectivity index (χ0v) is 11.9. The third kappa shape index (κ3) is 3.92. The number of imidazole rings is 1. The monoisotopic (exact) mass is 292 g/mol. The van der Waals surface area contributed by atoms with Gasteiger partial charge in [0, 0.05) is 31.9 Å². The van der Waals surface area contributed by atoms with Crippen LogP contribution in [0.4, 0.5) is 0 Å². The van der Waals surface area contributed by atoms with Gasteiger partial charge in [-0.1, -0.05) is 6.07 Å². The Kier molecular flexibility index (Phi) is 4.89. The van der Waals surface area contributed by atoms with Crippen LogP contribution in [-0.2, 0) is 11.2 Å². The number of hydrogen-bond acceptors (Lipinski definition) is 4. The normalized spacial score (nSPS) is 10.2. The van der Waals surface area contributed by atoms with Crippen LogP contribution in [0.15, 0.2) is 30.0 Å². The van der Waals surface area contributed by atoms with E-state index in [1.807, 2.05) is 11.4 Å². The molecule has 2 heterocycles. The molecule has 0 saturated carbocycles. The van der Waals surface area contributed by atoms with Crippen molar-refractivity contribution >= 4 is 23.2 Å². The van der Waals surface area contributed by atoms with E-state index in [1.54, 1.807) is 25.6 Å². The Balaban J connectivity index is 1.72. The molecule has 0 aliphatic heterocycles. The number of likely N-dealkylation sites (N-methyl/N-ethyl adjacent to an activating group) is 1. The van der Waals surface area contributed by atoms with Crippen molar-refractivity contribution in [2.75, 3.05) is 20.1 Å². The van der Waals surface area contributed by atoms with Gasteiger partial charge in [-0.2, -0.15) is 0 Å². The van der Waals surface area contributed by atoms with Gasteiger partial charge < -0.3 is 15.2 Å². The quantitative estimate of drug-likeness (QED) is 0.830. The maximum absolute atomic E-state index is 11.9. The number of nitrogens with one attached hydrogen (secondary N) is 2. The second-order valence-electron chi connectivity index (χ2n) is 4.32. The van der Waals surface area contributed by atoms with E-state index in [-0.39, 0.29) is 18.4 Å². The third-order valence-electron chi connectivity index (χ3n) is 2.73. The minimum atomic E-state index is -0.170. The summed E-state index contributed by atoms with van der Waals surface area (Å²) in [6.45, 7) is 0.571. The Morgan fingerprint density at radius 1 is 1.50 bits per heavy atom. The molecule has 2 aromatic heterocycles. The molecule has 0 aromatic carbocycles. The molecular weight excluding hydrogens is 276 g/mol. The average Bonchev–Trinajstić information content (AvgIpc) is 3.10. The van der Waals surface area contributed by atoms with Crippen molar-refractivity contribution in [3.63, 3.8) is 0 Å². The lowest BCUT2D eigenvalue weighted by molar-refractivity contribution is -0.121. The molecule has 0 spiro atoms. The van der Waals surface area contributed by atoms with E-state index in [4.69, 9.17) is 0 Å². The molecule has 0 aliphatic carbocycles. The molecule has 106 valence electrons. The fraction of sp³-hybridized carbons (Fsp3) is 0.308. The molecule has 2 N–H and O–H groups in total. The van der Waals surface area contributed by atoms with Crippen LogP contribution in [0, 0.1) is 0 Å². The second kappa shape index (κ2) is 6.85. The second-order valence-corrected chi connectivity index (χ2v) is 5.26. The molecule has 20 heavy (non-hydrogen) atoms. The summed E-state index contributed by atoms with van der Waals surface area (Å²) in [6.07, 6.45) is 4.01. The standard InChI is InChI=1S/C13H16N4O2S/c1-17(13(19)11-3-2-6-20-11)8-12(18)15-5-4-10-7-14-9-16-10/h2-3,6-7,9H,4-5,8H2,1H3,(H,14,16)(H,15,18). The predicted octanol–water partition coefficient (Wildman–Crippen LogP) is 0.902. The first-order chi connectivity index (χ1) is 9.66. The Labute approximate surface area is 120 Å². The van der Waals surface area contributed by atoms with Crippen LogP contribution in [-0.4, -0.2) is 46.8 Å². The summed E-state index contributed by atoms with van der Waals surface area (Å²) in [4.78, 5) is 32.6. The summed E-state index contributed by atoms with van der Waals surface area (Å²) in [5.41, 5.74) is 0.966. The molecule has 0 radical (unpaired) electrons. The molecule has 0 aliphatic rings. The summed E-state index contributed by atoms with van der Waals surface area (Å²) in [5, 5.41) is 4.61. The maximum atomic E-state index is 11.9. The number of H-pyrrole nitrogens is 1. The molecule has 0 bridgehead atoms. The number of amides is 2. The lowest BCUT2D eigenvalue weighted by Crippen LogP contribution is -2.38. The van der Waals surface area contributed by atoms with E-state index in [2.05, 4.69) is 15.3 Å². The summed E-state index contributed by atoms with van der Waals surface area (Å²) >= 11 is 1.37. The van der Waals surface area contributed by atoms with Crippen LogP contribution in [0.3, 0.4) is 0 Å². The maximum Gasteiger partial charge on any atom is 0.264 e.